The molecule has 2 heteroatoms. The number of piperazine rings is 1. The Morgan fingerprint density at radius 1 is 0.667 bits per heavy atom. The van der Waals surface area contributed by atoms with E-state index in [-0.39, 0.29) is 0 Å². The summed E-state index contributed by atoms with van der Waals surface area (Å²) in [5.74, 6) is 0. The summed E-state index contributed by atoms with van der Waals surface area (Å²) in [5.41, 5.74) is 0. The van der Waals surface area contributed by atoms with Crippen LogP contribution in [0.2, 0.25) is 0 Å². The van der Waals surface area contributed by atoms with Crippen LogP contribution in [0.25, 0.3) is 0 Å². The van der Waals surface area contributed by atoms with Crippen molar-refractivity contribution >= 4 is 0 Å². The van der Waals surface area contributed by atoms with Gasteiger partial charge in [0.15, 0.2) is 0 Å². The molecule has 0 aliphatic carbocycles. The molecule has 0 aromatic carbocycles. The fraction of sp³-hybridized carbons (Fsp3) is 1.00. The topological polar surface area (TPSA) is 6.48 Å². The van der Waals surface area contributed by atoms with Crippen molar-refractivity contribution < 1.29 is 0 Å². The van der Waals surface area contributed by atoms with Gasteiger partial charge in [-0.05, 0) is 25.9 Å². The average Bonchev–Trinajstić information content (AvgIpc) is 2.28. The predicted octanol–water partition coefficient (Wildman–Crippen LogP) is 2.59. The first-order valence-corrected chi connectivity index (χ1v) is 6.81. The molecule has 0 spiro atoms. The summed E-state index contributed by atoms with van der Waals surface area (Å²) in [6.45, 7) is 12.4. The Morgan fingerprint density at radius 2 is 1.13 bits per heavy atom. The molecule has 0 N–H and O–H groups in total. The third-order valence-electron chi connectivity index (χ3n) is 3.37. The largest absolute Gasteiger partial charge is 0.301 e. The van der Waals surface area contributed by atoms with Gasteiger partial charge in [-0.3, -0.25) is 0 Å². The van der Waals surface area contributed by atoms with Crippen LogP contribution in [0, 0.1) is 0 Å². The minimum absolute atomic E-state index is 1.30. The molecule has 0 aromatic rings. The summed E-state index contributed by atoms with van der Waals surface area (Å²) in [6.07, 6.45) is 6.84. The van der Waals surface area contributed by atoms with E-state index in [0.29, 0.717) is 0 Å². The zero-order chi connectivity index (χ0) is 10.9. The highest BCUT2D eigenvalue weighted by atomic mass is 15.3. The lowest BCUT2D eigenvalue weighted by molar-refractivity contribution is 0.129. The van der Waals surface area contributed by atoms with Crippen molar-refractivity contribution in [2.24, 2.45) is 0 Å². The van der Waals surface area contributed by atoms with E-state index in [1.165, 1.54) is 71.4 Å². The van der Waals surface area contributed by atoms with E-state index in [4.69, 9.17) is 0 Å². The third kappa shape index (κ3) is 5.53. The lowest BCUT2D eigenvalue weighted by Crippen LogP contribution is -2.46. The van der Waals surface area contributed by atoms with Gasteiger partial charge in [0.2, 0.25) is 0 Å². The first kappa shape index (κ1) is 13.0. The Kier molecular flexibility index (Phi) is 7.03. The molecule has 1 heterocycles. The van der Waals surface area contributed by atoms with Gasteiger partial charge in [0.05, 0.1) is 0 Å². The predicted molar refractivity (Wildman–Crippen MR) is 67.3 cm³/mol. The summed E-state index contributed by atoms with van der Waals surface area (Å²) in [4.78, 5) is 5.26. The van der Waals surface area contributed by atoms with Crippen LogP contribution >= 0.6 is 0 Å². The van der Waals surface area contributed by atoms with Crippen LogP contribution in [0.3, 0.4) is 0 Å². The van der Waals surface area contributed by atoms with E-state index in [1.54, 1.807) is 0 Å². The molecule has 90 valence electrons. The van der Waals surface area contributed by atoms with E-state index >= 15 is 0 Å². The molecule has 1 fully saturated rings. The molecule has 1 rings (SSSR count). The zero-order valence-corrected chi connectivity index (χ0v) is 10.7. The first-order valence-electron chi connectivity index (χ1n) is 6.81. The number of rotatable bonds is 7. The van der Waals surface area contributed by atoms with Gasteiger partial charge in [0.1, 0.15) is 0 Å². The summed E-state index contributed by atoms with van der Waals surface area (Å²) in [7, 11) is 0. The molecule has 0 saturated carbocycles. The minimum Gasteiger partial charge on any atom is -0.301 e. The van der Waals surface area contributed by atoms with Crippen LogP contribution in [0.15, 0.2) is 0 Å². The molecular formula is C13H28N2. The molecule has 1 aliphatic rings. The number of nitrogens with zero attached hydrogens (tertiary/aromatic N) is 2. The van der Waals surface area contributed by atoms with Crippen molar-refractivity contribution in [3.63, 3.8) is 0 Å². The van der Waals surface area contributed by atoms with E-state index in [0.717, 1.165) is 0 Å². The molecule has 0 atom stereocenters. The Morgan fingerprint density at radius 3 is 1.60 bits per heavy atom. The van der Waals surface area contributed by atoms with Crippen molar-refractivity contribution in [1.82, 2.24) is 9.80 Å². The Bertz CT molecular complexity index is 139. The van der Waals surface area contributed by atoms with Crippen molar-refractivity contribution in [2.45, 2.75) is 46.0 Å². The molecule has 1 saturated heterocycles. The second-order valence-corrected chi connectivity index (χ2v) is 4.74. The molecule has 0 unspecified atom stereocenters. The molecular weight excluding hydrogens is 184 g/mol. The Hall–Kier alpha value is -0.0800. The molecule has 2 nitrogen and oxygen atoms in total. The van der Waals surface area contributed by atoms with Crippen molar-refractivity contribution in [3.05, 3.63) is 0 Å². The lowest BCUT2D eigenvalue weighted by atomic mass is 10.2. The lowest BCUT2D eigenvalue weighted by Gasteiger charge is -2.34. The quantitative estimate of drug-likeness (QED) is 0.599. The van der Waals surface area contributed by atoms with Gasteiger partial charge in [0, 0.05) is 26.2 Å². The van der Waals surface area contributed by atoms with Crippen molar-refractivity contribution in [2.75, 3.05) is 39.3 Å². The van der Waals surface area contributed by atoms with Gasteiger partial charge in [-0.15, -0.1) is 0 Å². The summed E-state index contributed by atoms with van der Waals surface area (Å²) >= 11 is 0. The van der Waals surface area contributed by atoms with Gasteiger partial charge >= 0.3 is 0 Å². The highest BCUT2D eigenvalue weighted by molar-refractivity contribution is 4.71. The SMILES string of the molecule is CCCCCN1CCN(CCCC)CC1. The van der Waals surface area contributed by atoms with Crippen LogP contribution < -0.4 is 0 Å². The highest BCUT2D eigenvalue weighted by Gasteiger charge is 2.15. The van der Waals surface area contributed by atoms with E-state index < -0.39 is 0 Å². The molecule has 0 bridgehead atoms. The van der Waals surface area contributed by atoms with E-state index in [2.05, 4.69) is 23.6 Å². The summed E-state index contributed by atoms with van der Waals surface area (Å²) < 4.78 is 0. The van der Waals surface area contributed by atoms with Crippen LogP contribution in [-0.4, -0.2) is 49.1 Å². The monoisotopic (exact) mass is 212 g/mol. The molecule has 0 radical (unpaired) electrons. The molecule has 1 aliphatic heterocycles. The van der Waals surface area contributed by atoms with E-state index in [1.807, 2.05) is 0 Å². The van der Waals surface area contributed by atoms with Gasteiger partial charge < -0.3 is 9.80 Å². The fourth-order valence-electron chi connectivity index (χ4n) is 2.20. The molecule has 0 aromatic heterocycles. The van der Waals surface area contributed by atoms with E-state index in [9.17, 15) is 0 Å². The average molecular weight is 212 g/mol. The second kappa shape index (κ2) is 8.12. The van der Waals surface area contributed by atoms with Gasteiger partial charge in [-0.2, -0.15) is 0 Å². The van der Waals surface area contributed by atoms with Crippen LogP contribution in [0.5, 0.6) is 0 Å². The van der Waals surface area contributed by atoms with Crippen molar-refractivity contribution in [3.8, 4) is 0 Å². The third-order valence-corrected chi connectivity index (χ3v) is 3.37. The maximum atomic E-state index is 2.64. The first-order chi connectivity index (χ1) is 7.36. The number of hydrogen-bond acceptors (Lipinski definition) is 2. The minimum atomic E-state index is 1.30. The Balaban J connectivity index is 2.02. The smallest absolute Gasteiger partial charge is 0.0110 e. The van der Waals surface area contributed by atoms with Crippen LogP contribution in [-0.2, 0) is 0 Å². The number of hydrogen-bond donors (Lipinski definition) is 0. The normalized spacial score (nSPS) is 19.6. The Labute approximate surface area is 95.6 Å². The van der Waals surface area contributed by atoms with Gasteiger partial charge in [-0.25, -0.2) is 0 Å². The second-order valence-electron chi connectivity index (χ2n) is 4.74. The van der Waals surface area contributed by atoms with Crippen molar-refractivity contribution in [1.29, 1.82) is 0 Å². The molecule has 0 amide bonds. The van der Waals surface area contributed by atoms with Crippen LogP contribution in [0.1, 0.15) is 46.0 Å². The highest BCUT2D eigenvalue weighted by Crippen LogP contribution is 2.05. The maximum absolute atomic E-state index is 2.64. The van der Waals surface area contributed by atoms with Gasteiger partial charge in [-0.1, -0.05) is 33.1 Å². The maximum Gasteiger partial charge on any atom is 0.0110 e. The summed E-state index contributed by atoms with van der Waals surface area (Å²) in [6, 6.07) is 0. The summed E-state index contributed by atoms with van der Waals surface area (Å²) in [5, 5.41) is 0. The van der Waals surface area contributed by atoms with Crippen LogP contribution in [0.4, 0.5) is 0 Å². The number of unbranched alkanes of at least 4 members (excludes halogenated alkanes) is 3. The fourth-order valence-corrected chi connectivity index (χ4v) is 2.20. The zero-order valence-electron chi connectivity index (χ0n) is 10.7. The van der Waals surface area contributed by atoms with Gasteiger partial charge in [0.25, 0.3) is 0 Å². The molecule has 15 heavy (non-hydrogen) atoms. The standard InChI is InChI=1S/C13H28N2/c1-3-5-7-9-15-12-10-14(11-13-15)8-6-4-2/h3-13H2,1-2H3.